The zero-order valence-corrected chi connectivity index (χ0v) is 13.3. The molecule has 2 N–H and O–H groups in total. The van der Waals surface area contributed by atoms with Gasteiger partial charge in [0.15, 0.2) is 14.7 Å². The lowest BCUT2D eigenvalue weighted by Crippen LogP contribution is -2.45. The third-order valence-corrected chi connectivity index (χ3v) is 4.19. The molecule has 2 atom stereocenters. The van der Waals surface area contributed by atoms with Crippen LogP contribution in [0.5, 0.6) is 0 Å². The van der Waals surface area contributed by atoms with E-state index in [2.05, 4.69) is 5.32 Å². The van der Waals surface area contributed by atoms with Gasteiger partial charge in [-0.15, -0.1) is 0 Å². The Morgan fingerprint density at radius 3 is 2.24 bits per heavy atom. The molecule has 0 heterocycles. The quantitative estimate of drug-likeness (QED) is 0.749. The topological polar surface area (TPSA) is 83.5 Å². The summed E-state index contributed by atoms with van der Waals surface area (Å²) in [5.74, 6) is -0.826. The van der Waals surface area contributed by atoms with E-state index < -0.39 is 33.0 Å². The molecule has 9 heteroatoms. The molecule has 0 aliphatic rings. The van der Waals surface area contributed by atoms with Gasteiger partial charge in [0.25, 0.3) is 5.91 Å². The second kappa shape index (κ2) is 7.40. The fraction of sp³-hybridized carbons (Fsp3) is 0.417. The van der Waals surface area contributed by atoms with Crippen LogP contribution < -0.4 is 5.32 Å². The number of sulfone groups is 1. The van der Waals surface area contributed by atoms with Crippen molar-refractivity contribution in [3.05, 3.63) is 29.8 Å². The minimum Gasteiger partial charge on any atom is -0.362 e. The van der Waals surface area contributed by atoms with E-state index >= 15 is 0 Å². The number of carbonyl (C=O) groups is 1. The molecule has 1 aromatic carbocycles. The highest BCUT2D eigenvalue weighted by Gasteiger charge is 2.24. The zero-order valence-electron chi connectivity index (χ0n) is 11.0. The Kier molecular flexibility index (Phi) is 6.40. The molecule has 0 aliphatic heterocycles. The fourth-order valence-electron chi connectivity index (χ4n) is 1.59. The number of nitrogens with one attached hydrogen (secondary N) is 1. The van der Waals surface area contributed by atoms with Crippen molar-refractivity contribution in [1.29, 1.82) is 0 Å². The number of hydrogen-bond donors (Lipinski definition) is 2. The van der Waals surface area contributed by atoms with Gasteiger partial charge in [0.2, 0.25) is 6.36 Å². The molecule has 1 amide bonds. The van der Waals surface area contributed by atoms with Crippen molar-refractivity contribution in [3.8, 4) is 0 Å². The van der Waals surface area contributed by atoms with Crippen LogP contribution >= 0.6 is 23.2 Å². The first-order valence-electron chi connectivity index (χ1n) is 5.81. The van der Waals surface area contributed by atoms with Gasteiger partial charge in [0.05, 0.1) is 10.9 Å². The Morgan fingerprint density at radius 1 is 1.33 bits per heavy atom. The van der Waals surface area contributed by atoms with E-state index in [1.807, 2.05) is 0 Å². The number of aliphatic hydroxyl groups is 1. The molecule has 0 fully saturated rings. The third-order valence-electron chi connectivity index (χ3n) is 2.66. The normalized spacial score (nSPS) is 14.8. The van der Waals surface area contributed by atoms with Gasteiger partial charge in [-0.1, -0.05) is 35.3 Å². The average Bonchev–Trinajstić information content (AvgIpc) is 2.37. The Hall–Kier alpha value is -0.890. The molecule has 1 aromatic rings. The molecule has 21 heavy (non-hydrogen) atoms. The van der Waals surface area contributed by atoms with Crippen molar-refractivity contribution < 1.29 is 22.7 Å². The predicted octanol–water partition coefficient (Wildman–Crippen LogP) is 1.21. The van der Waals surface area contributed by atoms with Crippen LogP contribution in [-0.4, -0.2) is 42.9 Å². The van der Waals surface area contributed by atoms with E-state index in [0.29, 0.717) is 5.56 Å². The minimum absolute atomic E-state index is 0.0477. The van der Waals surface area contributed by atoms with Crippen LogP contribution in [0.1, 0.15) is 5.56 Å². The number of carbonyl (C=O) groups excluding carboxylic acids is 1. The largest absolute Gasteiger partial charge is 0.362 e. The van der Waals surface area contributed by atoms with Crippen molar-refractivity contribution in [2.75, 3.05) is 6.26 Å². The number of hydrogen-bond acceptors (Lipinski definition) is 4. The van der Waals surface area contributed by atoms with Gasteiger partial charge in [-0.2, -0.15) is 0 Å². The third kappa shape index (κ3) is 5.78. The maximum absolute atomic E-state index is 13.1. The highest BCUT2D eigenvalue weighted by Crippen LogP contribution is 2.14. The zero-order chi connectivity index (χ0) is 16.2. The number of aliphatic hydroxyl groups excluding tert-OH is 1. The Morgan fingerprint density at radius 2 is 1.86 bits per heavy atom. The summed E-state index contributed by atoms with van der Waals surface area (Å²) >= 11 is 10.7. The van der Waals surface area contributed by atoms with Crippen molar-refractivity contribution in [3.63, 3.8) is 0 Å². The van der Waals surface area contributed by atoms with E-state index in [9.17, 15) is 17.6 Å². The number of rotatable bonds is 6. The summed E-state index contributed by atoms with van der Waals surface area (Å²) in [6, 6.07) is 4.43. The first kappa shape index (κ1) is 18.2. The van der Waals surface area contributed by atoms with Gasteiger partial charge in [-0.3, -0.25) is 4.79 Å². The first-order chi connectivity index (χ1) is 9.61. The van der Waals surface area contributed by atoms with E-state index in [4.69, 9.17) is 28.3 Å². The Balaban J connectivity index is 2.83. The second-order valence-corrected chi connectivity index (χ2v) is 7.52. The SMILES string of the molecule is CS(=O)(=O)c1ccc(C[C@H](NC(=O)C(Cl)Cl)[C@@H](O)F)cc1. The summed E-state index contributed by atoms with van der Waals surface area (Å²) in [6.45, 7) is 0. The molecule has 1 rings (SSSR count). The van der Waals surface area contributed by atoms with Gasteiger partial charge < -0.3 is 10.4 Å². The van der Waals surface area contributed by atoms with Crippen molar-refractivity contribution in [2.45, 2.75) is 28.6 Å². The standard InChI is InChI=1S/C12H14Cl2FNO4S/c1-21(19,20)8-4-2-7(3-5-8)6-9(11(15)17)16-12(18)10(13)14/h2-5,9-11,17H,6H2,1H3,(H,16,18)/t9-,11+/m0/s1. The monoisotopic (exact) mass is 357 g/mol. The molecule has 0 bridgehead atoms. The van der Waals surface area contributed by atoms with Crippen molar-refractivity contribution in [2.24, 2.45) is 0 Å². The molecule has 0 aliphatic carbocycles. The number of amides is 1. The second-order valence-electron chi connectivity index (χ2n) is 4.41. The van der Waals surface area contributed by atoms with Crippen LogP contribution in [0.4, 0.5) is 4.39 Å². The molecule has 0 aromatic heterocycles. The van der Waals surface area contributed by atoms with E-state index in [1.165, 1.54) is 24.3 Å². The van der Waals surface area contributed by atoms with Crippen LogP contribution in [0.25, 0.3) is 0 Å². The van der Waals surface area contributed by atoms with Gasteiger partial charge in [-0.25, -0.2) is 12.8 Å². The summed E-state index contributed by atoms with van der Waals surface area (Å²) in [6.07, 6.45) is -1.29. The van der Waals surface area contributed by atoms with E-state index in [0.717, 1.165) is 6.26 Å². The first-order valence-corrected chi connectivity index (χ1v) is 8.57. The number of alkyl halides is 3. The van der Waals surface area contributed by atoms with Crippen molar-refractivity contribution >= 4 is 38.9 Å². The molecule has 0 unspecified atom stereocenters. The minimum atomic E-state index is -3.32. The Labute approximate surface area is 132 Å². The van der Waals surface area contributed by atoms with Crippen LogP contribution in [0.15, 0.2) is 29.2 Å². The number of halogens is 3. The summed E-state index contributed by atoms with van der Waals surface area (Å²) in [7, 11) is -3.32. The van der Waals surface area contributed by atoms with Crippen LogP contribution in [0, 0.1) is 0 Å². The highest BCUT2D eigenvalue weighted by molar-refractivity contribution is 7.90. The van der Waals surface area contributed by atoms with Gasteiger partial charge >= 0.3 is 0 Å². The molecular weight excluding hydrogens is 344 g/mol. The molecule has 0 saturated carbocycles. The summed E-state index contributed by atoms with van der Waals surface area (Å²) in [5, 5.41) is 11.2. The summed E-state index contributed by atoms with van der Waals surface area (Å²) in [5.41, 5.74) is 0.532. The fourth-order valence-corrected chi connectivity index (χ4v) is 2.35. The van der Waals surface area contributed by atoms with Crippen LogP contribution in [0.2, 0.25) is 0 Å². The predicted molar refractivity (Wildman–Crippen MR) is 77.8 cm³/mol. The lowest BCUT2D eigenvalue weighted by Gasteiger charge is -2.19. The summed E-state index contributed by atoms with van der Waals surface area (Å²) in [4.78, 5) is 10.0. The van der Waals surface area contributed by atoms with Gasteiger partial charge in [0, 0.05) is 6.26 Å². The molecule has 0 spiro atoms. The summed E-state index contributed by atoms with van der Waals surface area (Å²) < 4.78 is 35.7. The molecule has 5 nitrogen and oxygen atoms in total. The Bertz CT molecular complexity index is 590. The van der Waals surface area contributed by atoms with E-state index in [1.54, 1.807) is 0 Å². The molecule has 0 saturated heterocycles. The van der Waals surface area contributed by atoms with Gasteiger partial charge in [-0.05, 0) is 24.1 Å². The highest BCUT2D eigenvalue weighted by atomic mass is 35.5. The smallest absolute Gasteiger partial charge is 0.253 e. The molecular formula is C12H14Cl2FNO4S. The van der Waals surface area contributed by atoms with Crippen molar-refractivity contribution in [1.82, 2.24) is 5.32 Å². The van der Waals surface area contributed by atoms with Gasteiger partial charge in [0.1, 0.15) is 0 Å². The maximum atomic E-state index is 13.1. The van der Waals surface area contributed by atoms with Crippen LogP contribution in [-0.2, 0) is 21.1 Å². The van der Waals surface area contributed by atoms with Crippen LogP contribution in [0.3, 0.4) is 0 Å². The number of benzene rings is 1. The maximum Gasteiger partial charge on any atom is 0.253 e. The molecule has 118 valence electrons. The lowest BCUT2D eigenvalue weighted by atomic mass is 10.1. The van der Waals surface area contributed by atoms with E-state index in [-0.39, 0.29) is 11.3 Å². The average molecular weight is 358 g/mol. The lowest BCUT2D eigenvalue weighted by molar-refractivity contribution is -0.122. The molecule has 0 radical (unpaired) electrons.